The zero-order valence-electron chi connectivity index (χ0n) is 16.0. The fourth-order valence-corrected chi connectivity index (χ4v) is 3.79. The summed E-state index contributed by atoms with van der Waals surface area (Å²) < 4.78 is 11.0. The SMILES string of the molecule is COc1cc2c(cc1OC)[C@@H]1N(CC2)C(C(C)=O)=NN1c1ccc(C)cc1. The number of fused-ring (bicyclic) bond motifs is 3. The Morgan fingerprint density at radius 1 is 1.11 bits per heavy atom. The van der Waals surface area contributed by atoms with Gasteiger partial charge in [-0.05, 0) is 43.2 Å². The van der Waals surface area contributed by atoms with Crippen LogP contribution in [0, 0.1) is 6.92 Å². The minimum atomic E-state index is -0.171. The molecule has 2 aliphatic rings. The number of hydrogen-bond acceptors (Lipinski definition) is 6. The van der Waals surface area contributed by atoms with Gasteiger partial charge in [0.25, 0.3) is 0 Å². The first-order valence-corrected chi connectivity index (χ1v) is 9.00. The Balaban J connectivity index is 1.85. The molecule has 0 bridgehead atoms. The topological polar surface area (TPSA) is 54.4 Å². The molecule has 0 spiro atoms. The van der Waals surface area contributed by atoms with Crippen molar-refractivity contribution in [3.63, 3.8) is 0 Å². The van der Waals surface area contributed by atoms with Crippen LogP contribution in [-0.4, -0.2) is 37.3 Å². The summed E-state index contributed by atoms with van der Waals surface area (Å²) in [6.07, 6.45) is 0.649. The molecular weight excluding hydrogens is 342 g/mol. The van der Waals surface area contributed by atoms with Gasteiger partial charge in [0.05, 0.1) is 19.9 Å². The Labute approximate surface area is 159 Å². The Hall–Kier alpha value is -3.02. The van der Waals surface area contributed by atoms with Gasteiger partial charge in [-0.2, -0.15) is 0 Å². The molecule has 0 unspecified atom stereocenters. The van der Waals surface area contributed by atoms with Crippen LogP contribution in [0.3, 0.4) is 0 Å². The van der Waals surface area contributed by atoms with Crippen molar-refractivity contribution in [2.75, 3.05) is 25.8 Å². The molecule has 2 aliphatic heterocycles. The number of amidine groups is 1. The lowest BCUT2D eigenvalue weighted by molar-refractivity contribution is -0.111. The van der Waals surface area contributed by atoms with Gasteiger partial charge in [-0.15, -0.1) is 5.10 Å². The molecule has 2 aromatic carbocycles. The van der Waals surface area contributed by atoms with Gasteiger partial charge < -0.3 is 14.4 Å². The van der Waals surface area contributed by atoms with Gasteiger partial charge >= 0.3 is 0 Å². The average Bonchev–Trinajstić information content (AvgIpc) is 3.07. The van der Waals surface area contributed by atoms with Crippen molar-refractivity contribution in [2.45, 2.75) is 26.4 Å². The standard InChI is InChI=1S/C21H23N3O3/c1-13-5-7-16(8-6-13)24-21-17-12-19(27-4)18(26-3)11-15(17)9-10-23(21)20(22-24)14(2)25/h5-8,11-12,21H,9-10H2,1-4H3/t21-/m1/s1. The van der Waals surface area contributed by atoms with E-state index in [1.54, 1.807) is 21.1 Å². The van der Waals surface area contributed by atoms with Crippen molar-refractivity contribution >= 4 is 17.3 Å². The molecule has 6 nitrogen and oxygen atoms in total. The molecule has 4 rings (SSSR count). The van der Waals surface area contributed by atoms with E-state index in [-0.39, 0.29) is 11.9 Å². The number of nitrogens with zero attached hydrogens (tertiary/aromatic N) is 3. The zero-order chi connectivity index (χ0) is 19.1. The van der Waals surface area contributed by atoms with Gasteiger partial charge in [0.15, 0.2) is 29.3 Å². The van der Waals surface area contributed by atoms with Gasteiger partial charge in [-0.25, -0.2) is 5.01 Å². The molecule has 6 heteroatoms. The number of anilines is 1. The van der Waals surface area contributed by atoms with Crippen molar-refractivity contribution in [3.05, 3.63) is 53.1 Å². The monoisotopic (exact) mass is 365 g/mol. The van der Waals surface area contributed by atoms with E-state index >= 15 is 0 Å². The fraction of sp³-hybridized carbons (Fsp3) is 0.333. The van der Waals surface area contributed by atoms with Gasteiger partial charge in [-0.1, -0.05) is 17.7 Å². The normalized spacial score (nSPS) is 17.9. The fourth-order valence-electron chi connectivity index (χ4n) is 3.79. The molecule has 0 N–H and O–H groups in total. The summed E-state index contributed by atoms with van der Waals surface area (Å²) in [6.45, 7) is 4.35. The first-order chi connectivity index (χ1) is 13.0. The third kappa shape index (κ3) is 2.81. The highest BCUT2D eigenvalue weighted by Crippen LogP contribution is 2.43. The number of ketones is 1. The molecule has 2 aromatic rings. The second-order valence-electron chi connectivity index (χ2n) is 6.88. The van der Waals surface area contributed by atoms with Crippen LogP contribution in [0.4, 0.5) is 5.69 Å². The maximum atomic E-state index is 12.2. The van der Waals surface area contributed by atoms with Crippen LogP contribution in [0.25, 0.3) is 0 Å². The van der Waals surface area contributed by atoms with E-state index in [0.29, 0.717) is 11.6 Å². The molecule has 0 fully saturated rings. The highest BCUT2D eigenvalue weighted by atomic mass is 16.5. The Morgan fingerprint density at radius 3 is 2.41 bits per heavy atom. The van der Waals surface area contributed by atoms with Crippen LogP contribution in [0.2, 0.25) is 0 Å². The number of hydrazone groups is 1. The summed E-state index contributed by atoms with van der Waals surface area (Å²) >= 11 is 0. The molecule has 0 radical (unpaired) electrons. The predicted molar refractivity (Wildman–Crippen MR) is 104 cm³/mol. The summed E-state index contributed by atoms with van der Waals surface area (Å²) in [5, 5.41) is 6.61. The summed E-state index contributed by atoms with van der Waals surface area (Å²) in [4.78, 5) is 14.3. The van der Waals surface area contributed by atoms with Crippen LogP contribution in [0.1, 0.15) is 29.8 Å². The molecule has 2 heterocycles. The summed E-state index contributed by atoms with van der Waals surface area (Å²) in [6, 6.07) is 12.2. The number of carbonyl (C=O) groups excluding carboxylic acids is 1. The Kier molecular flexibility index (Phi) is 4.26. The number of carbonyl (C=O) groups is 1. The number of Topliss-reactive ketones (excluding diaryl/α,β-unsaturated/α-hetero) is 1. The lowest BCUT2D eigenvalue weighted by Gasteiger charge is -2.37. The minimum Gasteiger partial charge on any atom is -0.493 e. The molecule has 0 aromatic heterocycles. The number of ether oxygens (including phenoxy) is 2. The van der Waals surface area contributed by atoms with Crippen molar-refractivity contribution in [3.8, 4) is 11.5 Å². The Morgan fingerprint density at radius 2 is 1.78 bits per heavy atom. The van der Waals surface area contributed by atoms with E-state index in [4.69, 9.17) is 9.47 Å². The van der Waals surface area contributed by atoms with E-state index in [1.165, 1.54) is 11.1 Å². The van der Waals surface area contributed by atoms with Crippen molar-refractivity contribution in [1.82, 2.24) is 4.90 Å². The highest BCUT2D eigenvalue weighted by molar-refractivity contribution is 6.38. The number of benzene rings is 2. The van der Waals surface area contributed by atoms with Gasteiger partial charge in [0, 0.05) is 19.0 Å². The maximum Gasteiger partial charge on any atom is 0.196 e. The molecule has 1 atom stereocenters. The maximum absolute atomic E-state index is 12.2. The van der Waals surface area contributed by atoms with Gasteiger partial charge in [-0.3, -0.25) is 4.79 Å². The highest BCUT2D eigenvalue weighted by Gasteiger charge is 2.41. The average molecular weight is 365 g/mol. The van der Waals surface area contributed by atoms with Gasteiger partial charge in [0.1, 0.15) is 0 Å². The first kappa shape index (κ1) is 17.4. The second-order valence-corrected chi connectivity index (χ2v) is 6.88. The summed E-state index contributed by atoms with van der Waals surface area (Å²) in [5.41, 5.74) is 4.40. The molecule has 0 saturated heterocycles. The Bertz CT molecular complexity index is 921. The summed E-state index contributed by atoms with van der Waals surface area (Å²) in [7, 11) is 3.28. The van der Waals surface area contributed by atoms with Gasteiger partial charge in [0.2, 0.25) is 0 Å². The van der Waals surface area contributed by atoms with Crippen LogP contribution >= 0.6 is 0 Å². The number of aryl methyl sites for hydroxylation is 1. The lowest BCUT2D eigenvalue weighted by Crippen LogP contribution is -2.42. The van der Waals surface area contributed by atoms with Crippen molar-refractivity contribution in [2.24, 2.45) is 5.10 Å². The lowest BCUT2D eigenvalue weighted by atomic mass is 9.95. The van der Waals surface area contributed by atoms with Crippen LogP contribution in [0.15, 0.2) is 41.5 Å². The van der Waals surface area contributed by atoms with Crippen LogP contribution in [-0.2, 0) is 11.2 Å². The van der Waals surface area contributed by atoms with E-state index in [9.17, 15) is 4.79 Å². The molecular formula is C21H23N3O3. The second kappa shape index (κ2) is 6.61. The largest absolute Gasteiger partial charge is 0.493 e. The predicted octanol–water partition coefficient (Wildman–Crippen LogP) is 3.29. The zero-order valence-corrected chi connectivity index (χ0v) is 16.0. The molecule has 0 saturated carbocycles. The number of methoxy groups -OCH3 is 2. The van der Waals surface area contributed by atoms with Crippen molar-refractivity contribution < 1.29 is 14.3 Å². The number of hydrogen-bond donors (Lipinski definition) is 0. The number of rotatable bonds is 4. The minimum absolute atomic E-state index is 0.0291. The quantitative estimate of drug-likeness (QED) is 0.832. The first-order valence-electron chi connectivity index (χ1n) is 9.00. The third-order valence-electron chi connectivity index (χ3n) is 5.16. The van der Waals surface area contributed by atoms with Crippen LogP contribution in [0.5, 0.6) is 11.5 Å². The molecule has 0 aliphatic carbocycles. The van der Waals surface area contributed by atoms with E-state index in [0.717, 1.165) is 30.0 Å². The van der Waals surface area contributed by atoms with E-state index in [2.05, 4.69) is 29.1 Å². The van der Waals surface area contributed by atoms with E-state index in [1.807, 2.05) is 29.3 Å². The molecule has 0 amide bonds. The van der Waals surface area contributed by atoms with Crippen LogP contribution < -0.4 is 14.5 Å². The van der Waals surface area contributed by atoms with E-state index < -0.39 is 0 Å². The smallest absolute Gasteiger partial charge is 0.196 e. The molecule has 27 heavy (non-hydrogen) atoms. The summed E-state index contributed by atoms with van der Waals surface area (Å²) in [5.74, 6) is 1.87. The third-order valence-corrected chi connectivity index (χ3v) is 5.16. The van der Waals surface area contributed by atoms with Crippen molar-refractivity contribution in [1.29, 1.82) is 0 Å². The molecule has 140 valence electrons.